The van der Waals surface area contributed by atoms with Crippen LogP contribution in [0.1, 0.15) is 35.6 Å². The van der Waals surface area contributed by atoms with Gasteiger partial charge in [0.15, 0.2) is 12.1 Å². The minimum absolute atomic E-state index is 0.0224. The molecule has 1 saturated heterocycles. The van der Waals surface area contributed by atoms with E-state index in [2.05, 4.69) is 16.8 Å². The second kappa shape index (κ2) is 7.08. The number of benzene rings is 1. The molecule has 1 aliphatic rings. The van der Waals surface area contributed by atoms with Crippen LogP contribution >= 0.6 is 0 Å². The number of rotatable bonds is 2. The Morgan fingerprint density at radius 3 is 2.60 bits per heavy atom. The first-order valence-corrected chi connectivity index (χ1v) is 8.16. The molecule has 0 bridgehead atoms. The molecule has 1 aromatic carbocycles. The van der Waals surface area contributed by atoms with Crippen LogP contribution in [0.3, 0.4) is 0 Å². The topological polar surface area (TPSA) is 47.4 Å². The summed E-state index contributed by atoms with van der Waals surface area (Å²) in [7, 11) is 1.81. The van der Waals surface area contributed by atoms with E-state index in [9.17, 15) is 9.18 Å². The van der Waals surface area contributed by atoms with Gasteiger partial charge in [0, 0.05) is 38.1 Å². The molecule has 0 spiro atoms. The molecule has 0 unspecified atom stereocenters. The third kappa shape index (κ3) is 3.72. The normalized spacial score (nSPS) is 20.1. The predicted octanol–water partition coefficient (Wildman–Crippen LogP) is 2.39. The molecular weight excluding hydrogens is 321 g/mol. The Bertz CT molecular complexity index is 840. The number of hydrogen-bond acceptors (Lipinski definition) is 4. The summed E-state index contributed by atoms with van der Waals surface area (Å²) in [6.07, 6.45) is 4.18. The Morgan fingerprint density at radius 2 is 2.00 bits per heavy atom. The summed E-state index contributed by atoms with van der Waals surface area (Å²) in [5.74, 6) is 5.68. The van der Waals surface area contributed by atoms with Crippen LogP contribution in [0, 0.1) is 17.7 Å². The van der Waals surface area contributed by atoms with Gasteiger partial charge in [0.25, 0.3) is 0 Å². The fraction of sp³-hybridized carbons (Fsp3) is 0.368. The van der Waals surface area contributed by atoms with Crippen molar-refractivity contribution in [2.75, 3.05) is 18.0 Å². The predicted molar refractivity (Wildman–Crippen MR) is 93.2 cm³/mol. The standard InChI is InChI=1S/C19H20FN3O2/c1-13-10-23(11-14(2)25-13)18-9-17(20)15(8-16(18)12-24)4-5-19-21-6-7-22(19)3/h6-9,12-14H,10-11H2,1-3H3/t13-,14+. The molecule has 3 rings (SSSR count). The van der Waals surface area contributed by atoms with Crippen LogP contribution in [0.4, 0.5) is 10.1 Å². The molecule has 0 radical (unpaired) electrons. The monoisotopic (exact) mass is 341 g/mol. The van der Waals surface area contributed by atoms with E-state index in [-0.39, 0.29) is 17.8 Å². The van der Waals surface area contributed by atoms with E-state index in [0.29, 0.717) is 30.2 Å². The van der Waals surface area contributed by atoms with Crippen molar-refractivity contribution < 1.29 is 13.9 Å². The van der Waals surface area contributed by atoms with Crippen molar-refractivity contribution in [1.82, 2.24) is 9.55 Å². The maximum Gasteiger partial charge on any atom is 0.185 e. The molecule has 5 nitrogen and oxygen atoms in total. The fourth-order valence-corrected chi connectivity index (χ4v) is 3.03. The number of ether oxygens (including phenoxy) is 1. The molecule has 1 fully saturated rings. The van der Waals surface area contributed by atoms with Crippen molar-refractivity contribution >= 4 is 12.0 Å². The summed E-state index contributed by atoms with van der Waals surface area (Å²) < 4.78 is 22.0. The number of aryl methyl sites for hydroxylation is 1. The van der Waals surface area contributed by atoms with Crippen LogP contribution in [0.25, 0.3) is 0 Å². The molecule has 0 aliphatic carbocycles. The van der Waals surface area contributed by atoms with E-state index in [0.717, 1.165) is 6.29 Å². The van der Waals surface area contributed by atoms with Crippen LogP contribution in [0.5, 0.6) is 0 Å². The van der Waals surface area contributed by atoms with E-state index in [4.69, 9.17) is 4.74 Å². The number of anilines is 1. The van der Waals surface area contributed by atoms with Gasteiger partial charge in [-0.2, -0.15) is 0 Å². The van der Waals surface area contributed by atoms with E-state index < -0.39 is 5.82 Å². The maximum absolute atomic E-state index is 14.5. The van der Waals surface area contributed by atoms with Gasteiger partial charge in [0.2, 0.25) is 0 Å². The highest BCUT2D eigenvalue weighted by atomic mass is 19.1. The summed E-state index contributed by atoms with van der Waals surface area (Å²) in [4.78, 5) is 17.6. The zero-order chi connectivity index (χ0) is 18.0. The molecule has 0 N–H and O–H groups in total. The van der Waals surface area contributed by atoms with Crippen molar-refractivity contribution in [2.45, 2.75) is 26.1 Å². The first kappa shape index (κ1) is 17.2. The SMILES string of the molecule is C[C@@H]1CN(c2cc(F)c(C#Cc3nccn3C)cc2C=O)C[C@H](C)O1. The molecule has 130 valence electrons. The summed E-state index contributed by atoms with van der Waals surface area (Å²) in [5, 5.41) is 0. The van der Waals surface area contributed by atoms with Crippen molar-refractivity contribution in [1.29, 1.82) is 0 Å². The lowest BCUT2D eigenvalue weighted by Gasteiger charge is -2.37. The molecule has 0 saturated carbocycles. The molecule has 1 aromatic heterocycles. The third-order valence-corrected chi connectivity index (χ3v) is 4.13. The van der Waals surface area contributed by atoms with Crippen molar-refractivity contribution in [2.24, 2.45) is 7.05 Å². The molecule has 1 aliphatic heterocycles. The Hall–Kier alpha value is -2.65. The van der Waals surface area contributed by atoms with Gasteiger partial charge in [-0.3, -0.25) is 4.79 Å². The average molecular weight is 341 g/mol. The second-order valence-electron chi connectivity index (χ2n) is 6.28. The van der Waals surface area contributed by atoms with Gasteiger partial charge in [0.1, 0.15) is 5.82 Å². The number of carbonyl (C=O) groups excluding carboxylic acids is 1. The average Bonchev–Trinajstić information content (AvgIpc) is 2.97. The van der Waals surface area contributed by atoms with E-state index in [1.807, 2.05) is 25.8 Å². The van der Waals surface area contributed by atoms with E-state index in [1.165, 1.54) is 12.1 Å². The maximum atomic E-state index is 14.5. The van der Waals surface area contributed by atoms with E-state index in [1.54, 1.807) is 17.0 Å². The van der Waals surface area contributed by atoms with Gasteiger partial charge < -0.3 is 14.2 Å². The highest BCUT2D eigenvalue weighted by Crippen LogP contribution is 2.26. The van der Waals surface area contributed by atoms with Crippen LogP contribution in [-0.4, -0.2) is 41.1 Å². The Balaban J connectivity index is 1.95. The number of nitrogens with zero attached hydrogens (tertiary/aromatic N) is 3. The lowest BCUT2D eigenvalue weighted by Crippen LogP contribution is -2.45. The summed E-state index contributed by atoms with van der Waals surface area (Å²) >= 11 is 0. The zero-order valence-electron chi connectivity index (χ0n) is 14.5. The summed E-state index contributed by atoms with van der Waals surface area (Å²) in [6, 6.07) is 2.88. The Morgan fingerprint density at radius 1 is 1.28 bits per heavy atom. The Labute approximate surface area is 146 Å². The quantitative estimate of drug-likeness (QED) is 0.622. The number of hydrogen-bond donors (Lipinski definition) is 0. The van der Waals surface area contributed by atoms with Gasteiger partial charge >= 0.3 is 0 Å². The molecular formula is C19H20FN3O2. The third-order valence-electron chi connectivity index (χ3n) is 4.13. The van der Waals surface area contributed by atoms with Gasteiger partial charge in [-0.15, -0.1) is 0 Å². The lowest BCUT2D eigenvalue weighted by atomic mass is 10.1. The van der Waals surface area contributed by atoms with Crippen LogP contribution < -0.4 is 4.90 Å². The van der Waals surface area contributed by atoms with Crippen LogP contribution in [0.2, 0.25) is 0 Å². The fourth-order valence-electron chi connectivity index (χ4n) is 3.03. The zero-order valence-corrected chi connectivity index (χ0v) is 14.5. The van der Waals surface area contributed by atoms with Gasteiger partial charge in [-0.05, 0) is 31.9 Å². The van der Waals surface area contributed by atoms with Crippen molar-refractivity contribution in [3.05, 3.63) is 47.3 Å². The van der Waals surface area contributed by atoms with Crippen molar-refractivity contribution in [3.63, 3.8) is 0 Å². The Kier molecular flexibility index (Phi) is 4.86. The lowest BCUT2D eigenvalue weighted by molar-refractivity contribution is -0.00527. The smallest absolute Gasteiger partial charge is 0.185 e. The number of aldehydes is 1. The van der Waals surface area contributed by atoms with Crippen LogP contribution in [0.15, 0.2) is 24.5 Å². The summed E-state index contributed by atoms with van der Waals surface area (Å²) in [6.45, 7) is 5.16. The highest BCUT2D eigenvalue weighted by molar-refractivity contribution is 5.85. The molecule has 2 aromatic rings. The van der Waals surface area contributed by atoms with Gasteiger partial charge in [0.05, 0.1) is 23.5 Å². The van der Waals surface area contributed by atoms with Gasteiger partial charge in [-0.25, -0.2) is 9.37 Å². The first-order valence-electron chi connectivity index (χ1n) is 8.16. The minimum atomic E-state index is -0.450. The summed E-state index contributed by atoms with van der Waals surface area (Å²) in [5.41, 5.74) is 1.19. The number of halogens is 1. The second-order valence-corrected chi connectivity index (χ2v) is 6.28. The molecule has 6 heteroatoms. The number of morpholine rings is 1. The molecule has 0 amide bonds. The molecule has 2 atom stereocenters. The largest absolute Gasteiger partial charge is 0.372 e. The first-order chi connectivity index (χ1) is 12.0. The number of imidazole rings is 1. The molecule has 25 heavy (non-hydrogen) atoms. The highest BCUT2D eigenvalue weighted by Gasteiger charge is 2.24. The number of aromatic nitrogens is 2. The van der Waals surface area contributed by atoms with Gasteiger partial charge in [-0.1, -0.05) is 5.92 Å². The minimum Gasteiger partial charge on any atom is -0.372 e. The number of carbonyl (C=O) groups is 1. The molecule has 2 heterocycles. The van der Waals surface area contributed by atoms with Crippen molar-refractivity contribution in [3.8, 4) is 11.8 Å². The van der Waals surface area contributed by atoms with E-state index >= 15 is 0 Å². The van der Waals surface area contributed by atoms with Crippen LogP contribution in [-0.2, 0) is 11.8 Å².